The number of nitrogens with one attached hydrogen (secondary N) is 1. The van der Waals surface area contributed by atoms with Crippen molar-refractivity contribution in [2.45, 2.75) is 6.92 Å². The molecule has 0 aromatic heterocycles. The molecular formula is C13H17ClN2O2. The van der Waals surface area contributed by atoms with E-state index in [4.69, 9.17) is 16.3 Å². The molecule has 4 nitrogen and oxygen atoms in total. The Balaban J connectivity index is 2.12. The zero-order valence-electron chi connectivity index (χ0n) is 10.4. The molecule has 0 radical (unpaired) electrons. The van der Waals surface area contributed by atoms with Gasteiger partial charge in [0.05, 0.1) is 11.6 Å². The fourth-order valence-corrected chi connectivity index (χ4v) is 2.19. The Hall–Kier alpha value is -1.26. The third-order valence-electron chi connectivity index (χ3n) is 2.88. The van der Waals surface area contributed by atoms with Crippen LogP contribution in [0.3, 0.4) is 0 Å². The Morgan fingerprint density at radius 1 is 1.44 bits per heavy atom. The molecule has 1 amide bonds. The van der Waals surface area contributed by atoms with Gasteiger partial charge in [-0.1, -0.05) is 11.6 Å². The summed E-state index contributed by atoms with van der Waals surface area (Å²) >= 11 is 6.08. The maximum absolute atomic E-state index is 12.2. The van der Waals surface area contributed by atoms with Gasteiger partial charge in [-0.15, -0.1) is 0 Å². The molecular weight excluding hydrogens is 252 g/mol. The molecule has 0 spiro atoms. The molecule has 1 aromatic rings. The van der Waals surface area contributed by atoms with E-state index in [-0.39, 0.29) is 5.91 Å². The molecule has 2 rings (SSSR count). The second kappa shape index (κ2) is 6.07. The molecule has 18 heavy (non-hydrogen) atoms. The quantitative estimate of drug-likeness (QED) is 0.909. The minimum absolute atomic E-state index is 0.0291. The summed E-state index contributed by atoms with van der Waals surface area (Å²) in [5, 5.41) is 3.70. The average molecular weight is 269 g/mol. The predicted octanol–water partition coefficient (Wildman–Crippen LogP) is 1.78. The van der Waals surface area contributed by atoms with Crippen molar-refractivity contribution >= 4 is 17.5 Å². The van der Waals surface area contributed by atoms with Crippen LogP contribution in [-0.2, 0) is 0 Å². The van der Waals surface area contributed by atoms with Crippen molar-refractivity contribution in [2.24, 2.45) is 0 Å². The summed E-state index contributed by atoms with van der Waals surface area (Å²) in [7, 11) is 0. The maximum atomic E-state index is 12.2. The van der Waals surface area contributed by atoms with Gasteiger partial charge in [0.1, 0.15) is 5.75 Å². The fourth-order valence-electron chi connectivity index (χ4n) is 1.96. The van der Waals surface area contributed by atoms with Gasteiger partial charge in [-0.3, -0.25) is 4.79 Å². The zero-order chi connectivity index (χ0) is 13.0. The van der Waals surface area contributed by atoms with Crippen molar-refractivity contribution in [1.82, 2.24) is 10.2 Å². The number of halogens is 1. The smallest absolute Gasteiger partial charge is 0.253 e. The van der Waals surface area contributed by atoms with Gasteiger partial charge in [0.25, 0.3) is 5.91 Å². The first-order valence-electron chi connectivity index (χ1n) is 6.14. The zero-order valence-corrected chi connectivity index (χ0v) is 11.2. The van der Waals surface area contributed by atoms with Crippen molar-refractivity contribution in [1.29, 1.82) is 0 Å². The molecule has 0 bridgehead atoms. The van der Waals surface area contributed by atoms with Crippen LogP contribution in [0.25, 0.3) is 0 Å². The van der Waals surface area contributed by atoms with Gasteiger partial charge in [-0.25, -0.2) is 0 Å². The van der Waals surface area contributed by atoms with Gasteiger partial charge in [-0.05, 0) is 25.1 Å². The lowest BCUT2D eigenvalue weighted by Gasteiger charge is -2.27. The third-order valence-corrected chi connectivity index (χ3v) is 3.18. The molecule has 0 atom stereocenters. The van der Waals surface area contributed by atoms with Crippen molar-refractivity contribution < 1.29 is 9.53 Å². The molecule has 1 fully saturated rings. The molecule has 1 heterocycles. The number of carbonyl (C=O) groups excluding carboxylic acids is 1. The van der Waals surface area contributed by atoms with Crippen LogP contribution in [0.15, 0.2) is 18.2 Å². The summed E-state index contributed by atoms with van der Waals surface area (Å²) in [4.78, 5) is 14.1. The highest BCUT2D eigenvalue weighted by Crippen LogP contribution is 2.26. The van der Waals surface area contributed by atoms with Crippen LogP contribution in [0.4, 0.5) is 0 Å². The molecule has 0 unspecified atom stereocenters. The lowest BCUT2D eigenvalue weighted by atomic mass is 10.1. The molecule has 1 saturated heterocycles. The van der Waals surface area contributed by atoms with E-state index >= 15 is 0 Å². The molecule has 1 aromatic carbocycles. The van der Waals surface area contributed by atoms with Crippen LogP contribution in [0.1, 0.15) is 17.3 Å². The number of rotatable bonds is 3. The highest BCUT2D eigenvalue weighted by atomic mass is 35.5. The predicted molar refractivity (Wildman–Crippen MR) is 71.4 cm³/mol. The standard InChI is InChI=1S/C13H17ClN2O2/c1-2-18-12-4-3-10(9-11(12)14)13(17)16-7-5-15-6-8-16/h3-4,9,15H,2,5-8H2,1H3. The van der Waals surface area contributed by atoms with Gasteiger partial charge < -0.3 is 15.0 Å². The van der Waals surface area contributed by atoms with Crippen LogP contribution < -0.4 is 10.1 Å². The van der Waals surface area contributed by atoms with E-state index in [0.29, 0.717) is 22.9 Å². The number of amides is 1. The van der Waals surface area contributed by atoms with Crippen molar-refractivity contribution in [2.75, 3.05) is 32.8 Å². The average Bonchev–Trinajstić information content (AvgIpc) is 2.41. The maximum Gasteiger partial charge on any atom is 0.253 e. The van der Waals surface area contributed by atoms with Gasteiger partial charge in [0, 0.05) is 31.7 Å². The first-order chi connectivity index (χ1) is 8.72. The Labute approximate surface area is 112 Å². The molecule has 1 N–H and O–H groups in total. The number of nitrogens with zero attached hydrogens (tertiary/aromatic N) is 1. The minimum Gasteiger partial charge on any atom is -0.492 e. The van der Waals surface area contributed by atoms with Crippen molar-refractivity contribution in [3.8, 4) is 5.75 Å². The van der Waals surface area contributed by atoms with Gasteiger partial charge in [-0.2, -0.15) is 0 Å². The van der Waals surface area contributed by atoms with E-state index in [1.165, 1.54) is 0 Å². The Bertz CT molecular complexity index is 431. The molecule has 1 aliphatic rings. The molecule has 5 heteroatoms. The number of carbonyl (C=O) groups is 1. The van der Waals surface area contributed by atoms with E-state index in [2.05, 4.69) is 5.32 Å². The first kappa shape index (κ1) is 13.2. The summed E-state index contributed by atoms with van der Waals surface area (Å²) in [5.74, 6) is 0.650. The Kier molecular flexibility index (Phi) is 4.44. The third kappa shape index (κ3) is 2.94. The topological polar surface area (TPSA) is 41.6 Å². The van der Waals surface area contributed by atoms with E-state index < -0.39 is 0 Å². The lowest BCUT2D eigenvalue weighted by Crippen LogP contribution is -2.46. The summed E-state index contributed by atoms with van der Waals surface area (Å²) < 4.78 is 5.35. The number of piperazine rings is 1. The minimum atomic E-state index is 0.0291. The van der Waals surface area contributed by atoms with Gasteiger partial charge in [0.15, 0.2) is 0 Å². The van der Waals surface area contributed by atoms with Crippen molar-refractivity contribution in [3.63, 3.8) is 0 Å². The molecule has 1 aliphatic heterocycles. The van der Waals surface area contributed by atoms with Crippen molar-refractivity contribution in [3.05, 3.63) is 28.8 Å². The van der Waals surface area contributed by atoms with E-state index in [1.807, 2.05) is 11.8 Å². The number of hydrogen-bond acceptors (Lipinski definition) is 3. The normalized spacial score (nSPS) is 15.6. The summed E-state index contributed by atoms with van der Waals surface area (Å²) in [6.45, 7) is 5.63. The molecule has 0 aliphatic carbocycles. The van der Waals surface area contributed by atoms with E-state index in [1.54, 1.807) is 18.2 Å². The summed E-state index contributed by atoms with van der Waals surface area (Å²) in [6, 6.07) is 5.19. The molecule has 98 valence electrons. The van der Waals surface area contributed by atoms with Gasteiger partial charge >= 0.3 is 0 Å². The highest BCUT2D eigenvalue weighted by Gasteiger charge is 2.18. The van der Waals surface area contributed by atoms with Gasteiger partial charge in [0.2, 0.25) is 0 Å². The largest absolute Gasteiger partial charge is 0.492 e. The number of hydrogen-bond donors (Lipinski definition) is 1. The molecule has 0 saturated carbocycles. The van der Waals surface area contributed by atoms with Crippen LogP contribution >= 0.6 is 11.6 Å². The monoisotopic (exact) mass is 268 g/mol. The second-order valence-corrected chi connectivity index (χ2v) is 4.53. The summed E-state index contributed by atoms with van der Waals surface area (Å²) in [5.41, 5.74) is 0.616. The second-order valence-electron chi connectivity index (χ2n) is 4.12. The number of ether oxygens (including phenoxy) is 1. The van der Waals surface area contributed by atoms with E-state index in [9.17, 15) is 4.79 Å². The highest BCUT2D eigenvalue weighted by molar-refractivity contribution is 6.32. The Morgan fingerprint density at radius 3 is 2.78 bits per heavy atom. The summed E-state index contributed by atoms with van der Waals surface area (Å²) in [6.07, 6.45) is 0. The first-order valence-corrected chi connectivity index (χ1v) is 6.52. The fraction of sp³-hybridized carbons (Fsp3) is 0.462. The van der Waals surface area contributed by atoms with Crippen LogP contribution in [0.5, 0.6) is 5.75 Å². The Morgan fingerprint density at radius 2 is 2.17 bits per heavy atom. The van der Waals surface area contributed by atoms with Crippen LogP contribution in [-0.4, -0.2) is 43.6 Å². The SMILES string of the molecule is CCOc1ccc(C(=O)N2CCNCC2)cc1Cl. The lowest BCUT2D eigenvalue weighted by molar-refractivity contribution is 0.0736. The van der Waals surface area contributed by atoms with E-state index in [0.717, 1.165) is 26.2 Å². The van der Waals surface area contributed by atoms with Crippen LogP contribution in [0.2, 0.25) is 5.02 Å². The van der Waals surface area contributed by atoms with Crippen LogP contribution in [0, 0.1) is 0 Å². The number of benzene rings is 1.